The van der Waals surface area contributed by atoms with E-state index in [1.54, 1.807) is 0 Å². The molecular weight excluding hydrogens is 353 g/mol. The largest absolute Gasteiger partial charge is 0.416 e. The third-order valence-corrected chi connectivity index (χ3v) is 4.88. The number of benzene rings is 2. The SMILES string of the molecule is Cc1ccc(CN2CCCC(C(=O)Nc3ccc(C(F)(F)F)cc3)C2)cc1. The normalized spacial score (nSPS) is 18.3. The number of rotatable bonds is 4. The summed E-state index contributed by atoms with van der Waals surface area (Å²) in [6.45, 7) is 4.44. The van der Waals surface area contributed by atoms with Gasteiger partial charge < -0.3 is 5.32 Å². The van der Waals surface area contributed by atoms with Crippen molar-refractivity contribution >= 4 is 11.6 Å². The summed E-state index contributed by atoms with van der Waals surface area (Å²) in [5.41, 5.74) is 2.10. The number of carbonyl (C=O) groups is 1. The van der Waals surface area contributed by atoms with Gasteiger partial charge in [0.05, 0.1) is 11.5 Å². The van der Waals surface area contributed by atoms with Crippen LogP contribution in [0, 0.1) is 12.8 Å². The van der Waals surface area contributed by atoms with Gasteiger partial charge in [-0.15, -0.1) is 0 Å². The molecular formula is C21H23F3N2O. The Labute approximate surface area is 157 Å². The van der Waals surface area contributed by atoms with E-state index < -0.39 is 11.7 Å². The van der Waals surface area contributed by atoms with Crippen LogP contribution in [-0.4, -0.2) is 23.9 Å². The number of likely N-dealkylation sites (tertiary alicyclic amines) is 1. The first kappa shape index (κ1) is 19.4. The number of halogens is 3. The topological polar surface area (TPSA) is 32.3 Å². The molecule has 27 heavy (non-hydrogen) atoms. The lowest BCUT2D eigenvalue weighted by atomic mass is 9.96. The predicted octanol–water partition coefficient (Wildman–Crippen LogP) is 4.86. The van der Waals surface area contributed by atoms with Gasteiger partial charge in [0.1, 0.15) is 0 Å². The summed E-state index contributed by atoms with van der Waals surface area (Å²) in [6, 6.07) is 12.9. The fourth-order valence-electron chi connectivity index (χ4n) is 3.35. The molecule has 3 nitrogen and oxygen atoms in total. The summed E-state index contributed by atoms with van der Waals surface area (Å²) in [4.78, 5) is 14.8. The highest BCUT2D eigenvalue weighted by molar-refractivity contribution is 5.92. The van der Waals surface area contributed by atoms with Crippen LogP contribution in [0.3, 0.4) is 0 Å². The van der Waals surface area contributed by atoms with Crippen LogP contribution in [0.25, 0.3) is 0 Å². The molecule has 1 amide bonds. The van der Waals surface area contributed by atoms with Gasteiger partial charge in [-0.05, 0) is 56.1 Å². The lowest BCUT2D eigenvalue weighted by molar-refractivity contribution is -0.137. The minimum absolute atomic E-state index is 0.136. The second-order valence-electron chi connectivity index (χ2n) is 7.12. The monoisotopic (exact) mass is 376 g/mol. The smallest absolute Gasteiger partial charge is 0.326 e. The molecule has 0 aliphatic carbocycles. The maximum Gasteiger partial charge on any atom is 0.416 e. The van der Waals surface area contributed by atoms with Crippen molar-refractivity contribution < 1.29 is 18.0 Å². The molecule has 0 radical (unpaired) electrons. The Morgan fingerprint density at radius 3 is 2.41 bits per heavy atom. The number of alkyl halides is 3. The molecule has 1 heterocycles. The Morgan fingerprint density at radius 1 is 1.11 bits per heavy atom. The highest BCUT2D eigenvalue weighted by Crippen LogP contribution is 2.30. The standard InChI is InChI=1S/C21H23F3N2O/c1-15-4-6-16(7-5-15)13-26-12-2-3-17(14-26)20(27)25-19-10-8-18(9-11-19)21(22,23)24/h4-11,17H,2-3,12-14H2,1H3,(H,25,27). The minimum atomic E-state index is -4.37. The van der Waals surface area contributed by atoms with E-state index in [9.17, 15) is 18.0 Å². The van der Waals surface area contributed by atoms with Crippen molar-refractivity contribution in [2.24, 2.45) is 5.92 Å². The molecule has 0 aromatic heterocycles. The van der Waals surface area contributed by atoms with Crippen LogP contribution >= 0.6 is 0 Å². The van der Waals surface area contributed by atoms with Gasteiger partial charge in [0.25, 0.3) is 0 Å². The van der Waals surface area contributed by atoms with Gasteiger partial charge in [0.15, 0.2) is 0 Å². The fraction of sp³-hybridized carbons (Fsp3) is 0.381. The van der Waals surface area contributed by atoms with E-state index in [1.165, 1.54) is 23.3 Å². The number of hydrogen-bond acceptors (Lipinski definition) is 2. The molecule has 1 saturated heterocycles. The highest BCUT2D eigenvalue weighted by Gasteiger charge is 2.30. The van der Waals surface area contributed by atoms with Crippen LogP contribution in [0.5, 0.6) is 0 Å². The molecule has 0 saturated carbocycles. The number of hydrogen-bond donors (Lipinski definition) is 1. The third kappa shape index (κ3) is 5.32. The lowest BCUT2D eigenvalue weighted by Crippen LogP contribution is -2.40. The summed E-state index contributed by atoms with van der Waals surface area (Å²) in [7, 11) is 0. The molecule has 0 bridgehead atoms. The Hall–Kier alpha value is -2.34. The fourth-order valence-corrected chi connectivity index (χ4v) is 3.35. The maximum absolute atomic E-state index is 12.6. The van der Waals surface area contributed by atoms with Crippen molar-refractivity contribution in [1.82, 2.24) is 4.90 Å². The molecule has 6 heteroatoms. The first-order chi connectivity index (χ1) is 12.8. The Balaban J connectivity index is 1.57. The van der Waals surface area contributed by atoms with Gasteiger partial charge in [-0.1, -0.05) is 29.8 Å². The minimum Gasteiger partial charge on any atom is -0.326 e. The number of nitrogens with one attached hydrogen (secondary N) is 1. The van der Waals surface area contributed by atoms with E-state index in [0.717, 1.165) is 38.1 Å². The van der Waals surface area contributed by atoms with Crippen molar-refractivity contribution in [1.29, 1.82) is 0 Å². The Bertz CT molecular complexity index is 770. The second kappa shape index (κ2) is 8.13. The molecule has 2 aromatic carbocycles. The van der Waals surface area contributed by atoms with E-state index >= 15 is 0 Å². The van der Waals surface area contributed by atoms with E-state index in [1.807, 2.05) is 6.92 Å². The van der Waals surface area contributed by atoms with Crippen molar-refractivity contribution in [2.75, 3.05) is 18.4 Å². The second-order valence-corrected chi connectivity index (χ2v) is 7.12. The number of nitrogens with zero attached hydrogens (tertiary/aromatic N) is 1. The zero-order chi connectivity index (χ0) is 19.4. The van der Waals surface area contributed by atoms with E-state index in [2.05, 4.69) is 34.5 Å². The maximum atomic E-state index is 12.6. The Kier molecular flexibility index (Phi) is 5.85. The van der Waals surface area contributed by atoms with Crippen LogP contribution in [0.1, 0.15) is 29.5 Å². The van der Waals surface area contributed by atoms with Gasteiger partial charge in [0, 0.05) is 18.8 Å². The summed E-state index contributed by atoms with van der Waals surface area (Å²) in [5, 5.41) is 2.75. The van der Waals surface area contributed by atoms with Crippen molar-refractivity contribution in [2.45, 2.75) is 32.5 Å². The van der Waals surface area contributed by atoms with Crippen LogP contribution in [0.15, 0.2) is 48.5 Å². The summed E-state index contributed by atoms with van der Waals surface area (Å²) < 4.78 is 37.9. The van der Waals surface area contributed by atoms with Gasteiger partial charge >= 0.3 is 6.18 Å². The van der Waals surface area contributed by atoms with Gasteiger partial charge in [-0.25, -0.2) is 0 Å². The molecule has 1 aliphatic rings. The first-order valence-corrected chi connectivity index (χ1v) is 9.07. The van der Waals surface area contributed by atoms with Crippen LogP contribution in [0.2, 0.25) is 0 Å². The van der Waals surface area contributed by atoms with Gasteiger partial charge in [-0.3, -0.25) is 9.69 Å². The Morgan fingerprint density at radius 2 is 1.78 bits per heavy atom. The number of amides is 1. The molecule has 2 aromatic rings. The van der Waals surface area contributed by atoms with Gasteiger partial charge in [0.2, 0.25) is 5.91 Å². The first-order valence-electron chi connectivity index (χ1n) is 9.07. The third-order valence-electron chi connectivity index (χ3n) is 4.88. The number of anilines is 1. The molecule has 1 N–H and O–H groups in total. The zero-order valence-electron chi connectivity index (χ0n) is 15.2. The van der Waals surface area contributed by atoms with Crippen LogP contribution in [0.4, 0.5) is 18.9 Å². The number of aryl methyl sites for hydroxylation is 1. The molecule has 1 unspecified atom stereocenters. The average molecular weight is 376 g/mol. The van der Waals surface area contributed by atoms with Crippen molar-refractivity contribution in [3.63, 3.8) is 0 Å². The quantitative estimate of drug-likeness (QED) is 0.826. The molecule has 1 atom stereocenters. The van der Waals surface area contributed by atoms with Crippen LogP contribution < -0.4 is 5.32 Å². The van der Waals surface area contributed by atoms with E-state index in [0.29, 0.717) is 12.2 Å². The summed E-state index contributed by atoms with van der Waals surface area (Å²) >= 11 is 0. The van der Waals surface area contributed by atoms with Crippen molar-refractivity contribution in [3.05, 3.63) is 65.2 Å². The van der Waals surface area contributed by atoms with Gasteiger partial charge in [-0.2, -0.15) is 13.2 Å². The molecule has 144 valence electrons. The molecule has 1 aliphatic heterocycles. The van der Waals surface area contributed by atoms with Crippen molar-refractivity contribution in [3.8, 4) is 0 Å². The van der Waals surface area contributed by atoms with E-state index in [-0.39, 0.29) is 11.8 Å². The highest BCUT2D eigenvalue weighted by atomic mass is 19.4. The average Bonchev–Trinajstić information content (AvgIpc) is 2.63. The summed E-state index contributed by atoms with van der Waals surface area (Å²) in [6.07, 6.45) is -2.66. The number of carbonyl (C=O) groups excluding carboxylic acids is 1. The predicted molar refractivity (Wildman–Crippen MR) is 99.3 cm³/mol. The zero-order valence-corrected chi connectivity index (χ0v) is 15.2. The lowest BCUT2D eigenvalue weighted by Gasteiger charge is -2.32. The number of piperidine rings is 1. The molecule has 1 fully saturated rings. The molecule has 0 spiro atoms. The van der Waals surface area contributed by atoms with Crippen LogP contribution in [-0.2, 0) is 17.5 Å². The molecule has 3 rings (SSSR count). The summed E-state index contributed by atoms with van der Waals surface area (Å²) in [5.74, 6) is -0.296. The van der Waals surface area contributed by atoms with E-state index in [4.69, 9.17) is 0 Å².